The molecule has 1 amide bonds. The van der Waals surface area contributed by atoms with Gasteiger partial charge in [0.05, 0.1) is 12.0 Å². The maximum atomic E-state index is 12.3. The van der Waals surface area contributed by atoms with Gasteiger partial charge in [0.2, 0.25) is 5.91 Å². The lowest BCUT2D eigenvalue weighted by molar-refractivity contribution is -0.131. The molecule has 1 aromatic heterocycles. The van der Waals surface area contributed by atoms with Crippen LogP contribution < -0.4 is 10.6 Å². The van der Waals surface area contributed by atoms with E-state index >= 15 is 0 Å². The molecule has 0 spiro atoms. The van der Waals surface area contributed by atoms with Gasteiger partial charge < -0.3 is 10.6 Å². The van der Waals surface area contributed by atoms with Crippen molar-refractivity contribution >= 4 is 5.91 Å². The van der Waals surface area contributed by atoms with Crippen LogP contribution in [-0.4, -0.2) is 34.8 Å². The van der Waals surface area contributed by atoms with Crippen molar-refractivity contribution in [3.8, 4) is 0 Å². The lowest BCUT2D eigenvalue weighted by Gasteiger charge is -2.33. The largest absolute Gasteiger partial charge is 0.351 e. The fraction of sp³-hybridized carbons (Fsp3) is 0.692. The van der Waals surface area contributed by atoms with Gasteiger partial charge in [0, 0.05) is 25.0 Å². The first-order valence-corrected chi connectivity index (χ1v) is 6.59. The summed E-state index contributed by atoms with van der Waals surface area (Å²) in [5, 5.41) is 10.5. The van der Waals surface area contributed by atoms with E-state index in [2.05, 4.69) is 15.7 Å². The Kier molecular flexibility index (Phi) is 4.01. The summed E-state index contributed by atoms with van der Waals surface area (Å²) < 4.78 is 1.84. The Hall–Kier alpha value is -1.36. The number of hydrogen-bond acceptors (Lipinski definition) is 3. The molecular formula is C13H22N4O. The monoisotopic (exact) mass is 250 g/mol. The van der Waals surface area contributed by atoms with Crippen LogP contribution in [0.15, 0.2) is 18.5 Å². The van der Waals surface area contributed by atoms with Crippen LogP contribution in [0.4, 0.5) is 0 Å². The molecule has 18 heavy (non-hydrogen) atoms. The number of aromatic nitrogens is 2. The fourth-order valence-electron chi connectivity index (χ4n) is 2.38. The van der Waals surface area contributed by atoms with E-state index in [0.717, 1.165) is 25.9 Å². The summed E-state index contributed by atoms with van der Waals surface area (Å²) in [6.45, 7) is 6.55. The minimum atomic E-state index is -0.267. The summed E-state index contributed by atoms with van der Waals surface area (Å²) in [5.74, 6) is 0.148. The number of piperidine rings is 1. The summed E-state index contributed by atoms with van der Waals surface area (Å²) in [6, 6.07) is 1.98. The Morgan fingerprint density at radius 1 is 1.67 bits per heavy atom. The Balaban J connectivity index is 1.86. The molecule has 0 aliphatic carbocycles. The van der Waals surface area contributed by atoms with Gasteiger partial charge >= 0.3 is 0 Å². The van der Waals surface area contributed by atoms with E-state index in [0.29, 0.717) is 6.54 Å². The molecule has 2 heterocycles. The van der Waals surface area contributed by atoms with Crippen molar-refractivity contribution in [2.24, 2.45) is 5.41 Å². The Labute approximate surface area is 108 Å². The van der Waals surface area contributed by atoms with Gasteiger partial charge in [-0.15, -0.1) is 0 Å². The van der Waals surface area contributed by atoms with E-state index < -0.39 is 0 Å². The van der Waals surface area contributed by atoms with Crippen LogP contribution >= 0.6 is 0 Å². The zero-order chi connectivity index (χ0) is 13.0. The number of carbonyl (C=O) groups excluding carboxylic acids is 1. The minimum Gasteiger partial charge on any atom is -0.351 e. The summed E-state index contributed by atoms with van der Waals surface area (Å²) in [4.78, 5) is 12.3. The van der Waals surface area contributed by atoms with Crippen LogP contribution in [0, 0.1) is 5.41 Å². The first-order chi connectivity index (χ1) is 8.60. The number of carbonyl (C=O) groups is 1. The summed E-state index contributed by atoms with van der Waals surface area (Å²) in [6.07, 6.45) is 5.69. The normalized spacial score (nSPS) is 25.7. The summed E-state index contributed by atoms with van der Waals surface area (Å²) in [5.41, 5.74) is -0.267. The van der Waals surface area contributed by atoms with E-state index in [9.17, 15) is 4.79 Å². The van der Waals surface area contributed by atoms with E-state index in [4.69, 9.17) is 0 Å². The van der Waals surface area contributed by atoms with Crippen molar-refractivity contribution in [1.82, 2.24) is 20.4 Å². The molecule has 5 nitrogen and oxygen atoms in total. The standard InChI is InChI=1S/C13H22N4O/c1-11(9-17-8-4-7-15-17)16-12(18)13(2)5-3-6-14-10-13/h4,7-8,11,14H,3,5-6,9-10H2,1-2H3,(H,16,18). The molecule has 1 fully saturated rings. The van der Waals surface area contributed by atoms with Gasteiger partial charge in [-0.3, -0.25) is 9.48 Å². The van der Waals surface area contributed by atoms with Gasteiger partial charge in [-0.25, -0.2) is 0 Å². The molecule has 2 rings (SSSR count). The van der Waals surface area contributed by atoms with E-state index in [1.54, 1.807) is 6.20 Å². The zero-order valence-electron chi connectivity index (χ0n) is 11.1. The second kappa shape index (κ2) is 5.52. The predicted molar refractivity (Wildman–Crippen MR) is 70.0 cm³/mol. The molecule has 2 unspecified atom stereocenters. The van der Waals surface area contributed by atoms with E-state index in [1.807, 2.05) is 30.8 Å². The first kappa shape index (κ1) is 13.1. The lowest BCUT2D eigenvalue weighted by Crippen LogP contribution is -2.51. The Bertz CT molecular complexity index is 382. The fourth-order valence-corrected chi connectivity index (χ4v) is 2.38. The van der Waals surface area contributed by atoms with Crippen LogP contribution in [0.3, 0.4) is 0 Å². The molecule has 5 heteroatoms. The molecule has 2 N–H and O–H groups in total. The van der Waals surface area contributed by atoms with Gasteiger partial charge in [0.25, 0.3) is 0 Å². The van der Waals surface area contributed by atoms with Crippen molar-refractivity contribution < 1.29 is 4.79 Å². The Morgan fingerprint density at radius 2 is 2.50 bits per heavy atom. The molecule has 0 bridgehead atoms. The second-order valence-corrected chi connectivity index (χ2v) is 5.44. The van der Waals surface area contributed by atoms with Gasteiger partial charge in [-0.1, -0.05) is 0 Å². The first-order valence-electron chi connectivity index (χ1n) is 6.59. The molecular weight excluding hydrogens is 228 g/mol. The number of hydrogen-bond donors (Lipinski definition) is 2. The minimum absolute atomic E-state index is 0.0937. The number of nitrogens with one attached hydrogen (secondary N) is 2. The Morgan fingerprint density at radius 3 is 3.11 bits per heavy atom. The average molecular weight is 250 g/mol. The van der Waals surface area contributed by atoms with E-state index in [1.165, 1.54) is 0 Å². The van der Waals surface area contributed by atoms with Crippen molar-refractivity contribution in [3.63, 3.8) is 0 Å². The molecule has 0 aromatic carbocycles. The third-order valence-electron chi connectivity index (χ3n) is 3.54. The van der Waals surface area contributed by atoms with Crippen LogP contribution in [0.25, 0.3) is 0 Å². The van der Waals surface area contributed by atoms with Crippen LogP contribution in [0.2, 0.25) is 0 Å². The van der Waals surface area contributed by atoms with Crippen molar-refractivity contribution in [3.05, 3.63) is 18.5 Å². The number of nitrogens with zero attached hydrogens (tertiary/aromatic N) is 2. The van der Waals surface area contributed by atoms with Crippen molar-refractivity contribution in [2.75, 3.05) is 13.1 Å². The smallest absolute Gasteiger partial charge is 0.227 e. The van der Waals surface area contributed by atoms with E-state index in [-0.39, 0.29) is 17.4 Å². The third kappa shape index (κ3) is 3.10. The third-order valence-corrected chi connectivity index (χ3v) is 3.54. The number of rotatable bonds is 4. The van der Waals surface area contributed by atoms with Gasteiger partial charge in [0.15, 0.2) is 0 Å². The molecule has 0 saturated carbocycles. The van der Waals surface area contributed by atoms with Crippen LogP contribution in [0.1, 0.15) is 26.7 Å². The lowest BCUT2D eigenvalue weighted by atomic mass is 9.82. The highest BCUT2D eigenvalue weighted by Crippen LogP contribution is 2.25. The highest BCUT2D eigenvalue weighted by atomic mass is 16.2. The quantitative estimate of drug-likeness (QED) is 0.830. The van der Waals surface area contributed by atoms with Gasteiger partial charge in [0.1, 0.15) is 0 Å². The topological polar surface area (TPSA) is 59.0 Å². The molecule has 1 aliphatic rings. The maximum absolute atomic E-state index is 12.3. The SMILES string of the molecule is CC(Cn1cccn1)NC(=O)C1(C)CCCNC1. The maximum Gasteiger partial charge on any atom is 0.227 e. The van der Waals surface area contributed by atoms with Crippen LogP contribution in [0.5, 0.6) is 0 Å². The molecule has 100 valence electrons. The summed E-state index contributed by atoms with van der Waals surface area (Å²) >= 11 is 0. The van der Waals surface area contributed by atoms with Crippen molar-refractivity contribution in [1.29, 1.82) is 0 Å². The predicted octanol–water partition coefficient (Wildman–Crippen LogP) is 0.777. The van der Waals surface area contributed by atoms with Gasteiger partial charge in [-0.05, 0) is 39.3 Å². The summed E-state index contributed by atoms with van der Waals surface area (Å²) in [7, 11) is 0. The van der Waals surface area contributed by atoms with Crippen LogP contribution in [-0.2, 0) is 11.3 Å². The highest BCUT2D eigenvalue weighted by molar-refractivity contribution is 5.82. The average Bonchev–Trinajstić information content (AvgIpc) is 2.82. The second-order valence-electron chi connectivity index (χ2n) is 5.44. The molecule has 0 radical (unpaired) electrons. The molecule has 2 atom stereocenters. The van der Waals surface area contributed by atoms with Gasteiger partial charge in [-0.2, -0.15) is 5.10 Å². The number of amides is 1. The molecule has 1 saturated heterocycles. The highest BCUT2D eigenvalue weighted by Gasteiger charge is 2.34. The zero-order valence-corrected chi connectivity index (χ0v) is 11.1. The molecule has 1 aromatic rings. The van der Waals surface area contributed by atoms with Crippen molar-refractivity contribution in [2.45, 2.75) is 39.3 Å². The molecule has 1 aliphatic heterocycles.